The van der Waals surface area contributed by atoms with E-state index < -0.39 is 103 Å². The molecule has 0 radical (unpaired) electrons. The highest BCUT2D eigenvalue weighted by Gasteiger charge is 2.56. The predicted molar refractivity (Wildman–Crippen MR) is 252 cm³/mol. The van der Waals surface area contributed by atoms with Gasteiger partial charge < -0.3 is 30.7 Å². The molecule has 2 aromatic carbocycles. The number of esters is 1. The Morgan fingerprint density at radius 3 is 2.07 bits per heavy atom. The lowest BCUT2D eigenvalue weighted by molar-refractivity contribution is -0.220. The van der Waals surface area contributed by atoms with Crippen LogP contribution in [0.15, 0.2) is 61.1 Å². The zero-order valence-electron chi connectivity index (χ0n) is 40.7. The Morgan fingerprint density at radius 1 is 0.903 bits per heavy atom. The van der Waals surface area contributed by atoms with Crippen molar-refractivity contribution in [3.05, 3.63) is 94.9 Å². The smallest absolute Gasteiger partial charge is 0.407 e. The van der Waals surface area contributed by atoms with E-state index >= 15 is 8.78 Å². The van der Waals surface area contributed by atoms with Gasteiger partial charge >= 0.3 is 24.8 Å². The first-order valence-electron chi connectivity index (χ1n) is 24.0. The highest BCUT2D eigenvalue weighted by molar-refractivity contribution is 5.88. The third-order valence-corrected chi connectivity index (χ3v) is 14.1. The van der Waals surface area contributed by atoms with Crippen molar-refractivity contribution < 1.29 is 54.6 Å². The molecule has 0 spiro atoms. The summed E-state index contributed by atoms with van der Waals surface area (Å²) in [6.07, 6.45) is 2.06. The number of ether oxygens (including phenoxy) is 2. The number of nitrogens with one attached hydrogen (secondary N) is 2. The molecular formula is C51H60F7N9O5. The van der Waals surface area contributed by atoms with Gasteiger partial charge in [0.15, 0.2) is 5.78 Å². The molecule has 2 aliphatic heterocycles. The van der Waals surface area contributed by atoms with Gasteiger partial charge in [-0.05, 0) is 87.8 Å². The number of Topliss-reactive ketones (excluding diaryl/α,β-unsaturated/α-hetero) is 1. The van der Waals surface area contributed by atoms with Crippen LogP contribution in [0.4, 0.5) is 41.5 Å². The van der Waals surface area contributed by atoms with Crippen molar-refractivity contribution in [1.82, 2.24) is 35.3 Å². The first-order valence-corrected chi connectivity index (χ1v) is 24.0. The van der Waals surface area contributed by atoms with Gasteiger partial charge in [0.25, 0.3) is 0 Å². The van der Waals surface area contributed by atoms with Gasteiger partial charge in [0, 0.05) is 91.9 Å². The average molecular weight is 1010 g/mol. The van der Waals surface area contributed by atoms with E-state index in [-0.39, 0.29) is 17.7 Å². The fraction of sp³-hybridized carbons (Fsp3) is 0.529. The molecule has 72 heavy (non-hydrogen) atoms. The van der Waals surface area contributed by atoms with Gasteiger partial charge in [0.2, 0.25) is 5.95 Å². The lowest BCUT2D eigenvalue weighted by atomic mass is 9.77. The lowest BCUT2D eigenvalue weighted by Crippen LogP contribution is -2.59. The molecular weight excluding hydrogens is 952 g/mol. The molecule has 4 heterocycles. The van der Waals surface area contributed by atoms with Crippen LogP contribution < -0.4 is 21.3 Å². The van der Waals surface area contributed by atoms with Gasteiger partial charge in [0.1, 0.15) is 29.8 Å². The SMILES string of the molecule is COC(=O)N[C@H](C(=O)C[C@@H](Cc1ccc(C#Cc2cnc(N3CC4CCC(C3)N4C3CCC3)nc2)cc1)[C@H](CNCc1c(F)cc(-c2ccn(C(F)F)n2)cc1F)OC(=O)[C@@H](N)C(C)C)C(C)(C)C(F)(F)F. The number of carbonyl (C=O) groups excluding carboxylic acids is 3. The number of hydrogen-bond donors (Lipinski definition) is 3. The summed E-state index contributed by atoms with van der Waals surface area (Å²) in [6.45, 7) is 2.69. The molecule has 1 saturated carbocycles. The topological polar surface area (TPSA) is 170 Å². The number of alkyl carbamates (subject to hydrolysis) is 1. The molecule has 6 atom stereocenters. The van der Waals surface area contributed by atoms with Crippen LogP contribution in [0.1, 0.15) is 95.0 Å². The first kappa shape index (κ1) is 53.7. The van der Waals surface area contributed by atoms with Crippen LogP contribution in [-0.2, 0) is 32.0 Å². The molecule has 7 rings (SSSR count). The van der Waals surface area contributed by atoms with Crippen molar-refractivity contribution in [2.24, 2.45) is 23.0 Å². The number of nitrogens with zero attached hydrogens (tertiary/aromatic N) is 6. The number of ketones is 1. The van der Waals surface area contributed by atoms with Crippen LogP contribution in [0.2, 0.25) is 0 Å². The normalized spacial score (nSPS) is 19.0. The summed E-state index contributed by atoms with van der Waals surface area (Å²) in [5.74, 6) is 1.13. The number of nitrogens with two attached hydrogens (primary N) is 1. The second-order valence-corrected chi connectivity index (χ2v) is 19.7. The number of hydrogen-bond acceptors (Lipinski definition) is 12. The number of amides is 1. The molecule has 2 unspecified atom stereocenters. The van der Waals surface area contributed by atoms with Crippen LogP contribution in [0, 0.1) is 40.7 Å². The highest BCUT2D eigenvalue weighted by Crippen LogP contribution is 2.42. The summed E-state index contributed by atoms with van der Waals surface area (Å²) in [6, 6.07) is 8.12. The number of alkyl halides is 5. The molecule has 1 amide bonds. The molecule has 4 aromatic rings. The maximum absolute atomic E-state index is 15.5. The van der Waals surface area contributed by atoms with Crippen LogP contribution in [0.3, 0.4) is 0 Å². The second kappa shape index (κ2) is 22.8. The largest absolute Gasteiger partial charge is 0.460 e. The minimum atomic E-state index is -5.00. The summed E-state index contributed by atoms with van der Waals surface area (Å²) in [7, 11) is 0.929. The van der Waals surface area contributed by atoms with E-state index in [2.05, 4.69) is 46.8 Å². The Hall–Kier alpha value is -6.11. The van der Waals surface area contributed by atoms with Crippen molar-refractivity contribution in [3.63, 3.8) is 0 Å². The Bertz CT molecular complexity index is 2560. The molecule has 14 nitrogen and oxygen atoms in total. The van der Waals surface area contributed by atoms with Crippen LogP contribution in [0.5, 0.6) is 0 Å². The number of aromatic nitrogens is 4. The van der Waals surface area contributed by atoms with Crippen molar-refractivity contribution in [2.45, 2.75) is 128 Å². The Balaban J connectivity index is 1.12. The van der Waals surface area contributed by atoms with E-state index in [1.54, 1.807) is 50.5 Å². The van der Waals surface area contributed by atoms with Gasteiger partial charge in [-0.3, -0.25) is 14.5 Å². The summed E-state index contributed by atoms with van der Waals surface area (Å²) < 4.78 is 112. The molecule has 3 aliphatic rings. The van der Waals surface area contributed by atoms with Crippen LogP contribution in [0.25, 0.3) is 11.3 Å². The number of anilines is 1. The molecule has 4 N–H and O–H groups in total. The summed E-state index contributed by atoms with van der Waals surface area (Å²) in [5, 5.41) is 8.54. The van der Waals surface area contributed by atoms with Crippen LogP contribution in [-0.4, -0.2) is 112 Å². The lowest BCUT2D eigenvalue weighted by Gasteiger charge is -2.48. The zero-order chi connectivity index (χ0) is 52.1. The third-order valence-electron chi connectivity index (χ3n) is 14.1. The Labute approximate surface area is 413 Å². The maximum Gasteiger partial charge on any atom is 0.407 e. The first-order chi connectivity index (χ1) is 34.1. The van der Waals surface area contributed by atoms with Crippen molar-refractivity contribution >= 4 is 23.8 Å². The van der Waals surface area contributed by atoms with E-state index in [0.29, 0.717) is 45.4 Å². The molecule has 3 fully saturated rings. The number of rotatable bonds is 19. The van der Waals surface area contributed by atoms with E-state index in [4.69, 9.17) is 10.5 Å². The molecule has 2 aromatic heterocycles. The number of fused-ring (bicyclic) bond motifs is 2. The average Bonchev–Trinajstić information content (AvgIpc) is 3.91. The number of piperazine rings is 1. The van der Waals surface area contributed by atoms with Gasteiger partial charge in [-0.1, -0.05) is 44.2 Å². The van der Waals surface area contributed by atoms with E-state index in [9.17, 15) is 36.3 Å². The van der Waals surface area contributed by atoms with Crippen molar-refractivity contribution in [1.29, 1.82) is 0 Å². The molecule has 388 valence electrons. The van der Waals surface area contributed by atoms with Crippen molar-refractivity contribution in [3.8, 4) is 23.1 Å². The molecule has 2 saturated heterocycles. The number of benzene rings is 2. The van der Waals surface area contributed by atoms with E-state index in [0.717, 1.165) is 58.4 Å². The predicted octanol–water partition coefficient (Wildman–Crippen LogP) is 7.73. The minimum Gasteiger partial charge on any atom is -0.460 e. The monoisotopic (exact) mass is 1010 g/mol. The van der Waals surface area contributed by atoms with E-state index in [1.165, 1.54) is 32.1 Å². The number of carbonyl (C=O) groups is 3. The quantitative estimate of drug-likeness (QED) is 0.0476. The van der Waals surface area contributed by atoms with Gasteiger partial charge in [-0.25, -0.2) is 28.2 Å². The minimum absolute atomic E-state index is 0.0952. The molecule has 2 bridgehead atoms. The zero-order valence-corrected chi connectivity index (χ0v) is 40.7. The van der Waals surface area contributed by atoms with E-state index in [1.807, 2.05) is 5.32 Å². The van der Waals surface area contributed by atoms with Gasteiger partial charge in [-0.15, -0.1) is 0 Å². The standard InChI is InChI=1S/C51H60F7N9O5/c1-29(2)44(59)46(69)72-43(26-60-25-38-39(52)20-33(21-40(38)53)41-17-18-66(64-41)47(54)55)34(22-42(68)45(63-49(70)71-5)50(3,4)51(56,57)58)19-31-12-9-30(10-13-31)11-14-32-23-61-48(62-24-32)65-27-36-15-16-37(28-65)67(36)35-7-6-8-35/h9-10,12-13,17-18,20-21,23-24,29,34-37,43-45,47,60H,6-8,15-16,19,22,25-28,59H2,1-5H3,(H,63,70)/t34-,36?,37?,43+,44+,45-/m1/s1. The fourth-order valence-electron chi connectivity index (χ4n) is 9.48. The number of halogens is 7. The molecule has 1 aliphatic carbocycles. The summed E-state index contributed by atoms with van der Waals surface area (Å²) in [5.41, 5.74) is 4.34. The number of methoxy groups -OCH3 is 1. The van der Waals surface area contributed by atoms with Crippen LogP contribution >= 0.6 is 0 Å². The van der Waals surface area contributed by atoms with Gasteiger partial charge in [-0.2, -0.15) is 27.1 Å². The van der Waals surface area contributed by atoms with Gasteiger partial charge in [0.05, 0.1) is 23.8 Å². The van der Waals surface area contributed by atoms with Crippen molar-refractivity contribution in [2.75, 3.05) is 31.6 Å². The molecule has 21 heteroatoms. The fourth-order valence-corrected chi connectivity index (χ4v) is 9.48. The Kier molecular flexibility index (Phi) is 17.0. The highest BCUT2D eigenvalue weighted by atomic mass is 19.4. The maximum atomic E-state index is 15.5. The summed E-state index contributed by atoms with van der Waals surface area (Å²) in [4.78, 5) is 54.4. The third kappa shape index (κ3) is 12.6. The Morgan fingerprint density at radius 2 is 1.53 bits per heavy atom. The second-order valence-electron chi connectivity index (χ2n) is 19.7. The summed E-state index contributed by atoms with van der Waals surface area (Å²) >= 11 is 0.